The van der Waals surface area contributed by atoms with Crippen molar-refractivity contribution < 1.29 is 14.7 Å². The summed E-state index contributed by atoms with van der Waals surface area (Å²) in [5, 5.41) is 13.4. The number of carboxylic acids is 1. The number of benzene rings is 1. The predicted octanol–water partition coefficient (Wildman–Crippen LogP) is 2.11. The maximum absolute atomic E-state index is 12.6. The standard InChI is InChI=1S/C15H16ClN3O3/c1-10-13(16)14(17-18(10)2)15(22)19(9-12(20)21)8-11-6-4-3-5-7-11/h3-7H,8-9H2,1-2H3,(H,20,21). The summed E-state index contributed by atoms with van der Waals surface area (Å²) in [4.78, 5) is 24.8. The predicted molar refractivity (Wildman–Crippen MR) is 81.8 cm³/mol. The molecule has 0 spiro atoms. The van der Waals surface area contributed by atoms with Crippen LogP contribution >= 0.6 is 11.6 Å². The number of hydrogen-bond donors (Lipinski definition) is 1. The molecule has 0 aliphatic carbocycles. The Balaban J connectivity index is 2.30. The van der Waals surface area contributed by atoms with Gasteiger partial charge in [0.1, 0.15) is 6.54 Å². The van der Waals surface area contributed by atoms with Crippen LogP contribution in [0.15, 0.2) is 30.3 Å². The Morgan fingerprint density at radius 2 is 1.95 bits per heavy atom. The van der Waals surface area contributed by atoms with E-state index in [1.54, 1.807) is 14.0 Å². The lowest BCUT2D eigenvalue weighted by molar-refractivity contribution is -0.137. The number of rotatable bonds is 5. The third-order valence-electron chi connectivity index (χ3n) is 3.29. The van der Waals surface area contributed by atoms with Crippen molar-refractivity contribution in [2.45, 2.75) is 13.5 Å². The molecular weight excluding hydrogens is 306 g/mol. The lowest BCUT2D eigenvalue weighted by Gasteiger charge is -2.20. The van der Waals surface area contributed by atoms with Crippen LogP contribution in [0.4, 0.5) is 0 Å². The second-order valence-corrected chi connectivity index (χ2v) is 5.29. The smallest absolute Gasteiger partial charge is 0.323 e. The molecule has 7 heteroatoms. The van der Waals surface area contributed by atoms with E-state index in [1.807, 2.05) is 30.3 Å². The van der Waals surface area contributed by atoms with Crippen molar-refractivity contribution in [2.24, 2.45) is 7.05 Å². The summed E-state index contributed by atoms with van der Waals surface area (Å²) >= 11 is 6.11. The maximum atomic E-state index is 12.6. The monoisotopic (exact) mass is 321 g/mol. The SMILES string of the molecule is Cc1c(Cl)c(C(=O)N(CC(=O)O)Cc2ccccc2)nn1C. The molecule has 1 N–H and O–H groups in total. The van der Waals surface area contributed by atoms with Gasteiger partial charge >= 0.3 is 5.97 Å². The highest BCUT2D eigenvalue weighted by Gasteiger charge is 2.25. The lowest BCUT2D eigenvalue weighted by Crippen LogP contribution is -2.35. The van der Waals surface area contributed by atoms with Crippen molar-refractivity contribution in [2.75, 3.05) is 6.54 Å². The van der Waals surface area contributed by atoms with Crippen LogP contribution < -0.4 is 0 Å². The van der Waals surface area contributed by atoms with Gasteiger partial charge in [-0.3, -0.25) is 14.3 Å². The van der Waals surface area contributed by atoms with E-state index in [2.05, 4.69) is 5.10 Å². The lowest BCUT2D eigenvalue weighted by atomic mass is 10.2. The van der Waals surface area contributed by atoms with Gasteiger partial charge in [0.25, 0.3) is 5.91 Å². The van der Waals surface area contributed by atoms with Gasteiger partial charge < -0.3 is 10.0 Å². The molecule has 0 saturated heterocycles. The topological polar surface area (TPSA) is 75.4 Å². The molecule has 0 unspecified atom stereocenters. The second kappa shape index (κ2) is 6.62. The van der Waals surface area contributed by atoms with E-state index in [0.29, 0.717) is 5.69 Å². The molecule has 0 radical (unpaired) electrons. The van der Waals surface area contributed by atoms with Gasteiger partial charge in [-0.2, -0.15) is 5.10 Å². The molecule has 2 aromatic rings. The number of amides is 1. The summed E-state index contributed by atoms with van der Waals surface area (Å²) < 4.78 is 1.50. The average Bonchev–Trinajstić information content (AvgIpc) is 2.74. The highest BCUT2D eigenvalue weighted by atomic mass is 35.5. The molecule has 0 atom stereocenters. The minimum absolute atomic E-state index is 0.0684. The van der Waals surface area contributed by atoms with Gasteiger partial charge in [0.15, 0.2) is 5.69 Å². The van der Waals surface area contributed by atoms with Crippen molar-refractivity contribution in [3.05, 3.63) is 52.3 Å². The molecule has 1 amide bonds. The summed E-state index contributed by atoms with van der Waals surface area (Å²) in [5.74, 6) is -1.59. The fourth-order valence-electron chi connectivity index (χ4n) is 2.04. The zero-order valence-electron chi connectivity index (χ0n) is 12.3. The zero-order chi connectivity index (χ0) is 16.3. The van der Waals surface area contributed by atoms with Crippen LogP contribution in [-0.4, -0.2) is 38.2 Å². The minimum atomic E-state index is -1.09. The van der Waals surface area contributed by atoms with Crippen molar-refractivity contribution in [1.29, 1.82) is 0 Å². The second-order valence-electron chi connectivity index (χ2n) is 4.91. The van der Waals surface area contributed by atoms with Gasteiger partial charge in [0, 0.05) is 13.6 Å². The summed E-state index contributed by atoms with van der Waals surface area (Å²) in [7, 11) is 1.68. The number of carbonyl (C=O) groups excluding carboxylic acids is 1. The first-order chi connectivity index (χ1) is 10.4. The molecule has 2 rings (SSSR count). The fraction of sp³-hybridized carbons (Fsp3) is 0.267. The Morgan fingerprint density at radius 3 is 2.45 bits per heavy atom. The van der Waals surface area contributed by atoms with E-state index in [-0.39, 0.29) is 17.3 Å². The highest BCUT2D eigenvalue weighted by Crippen LogP contribution is 2.21. The molecule has 116 valence electrons. The Kier molecular flexibility index (Phi) is 4.82. The van der Waals surface area contributed by atoms with Crippen molar-refractivity contribution in [3.8, 4) is 0 Å². The fourth-order valence-corrected chi connectivity index (χ4v) is 2.28. The van der Waals surface area contributed by atoms with Crippen molar-refractivity contribution >= 4 is 23.5 Å². The first-order valence-electron chi connectivity index (χ1n) is 6.64. The van der Waals surface area contributed by atoms with E-state index >= 15 is 0 Å². The normalized spacial score (nSPS) is 10.5. The molecule has 1 aromatic heterocycles. The van der Waals surface area contributed by atoms with Crippen LogP contribution in [0.2, 0.25) is 5.02 Å². The van der Waals surface area contributed by atoms with Crippen LogP contribution in [-0.2, 0) is 18.4 Å². The number of carbonyl (C=O) groups is 2. The largest absolute Gasteiger partial charge is 0.480 e. The van der Waals surface area contributed by atoms with Crippen molar-refractivity contribution in [3.63, 3.8) is 0 Å². The number of aryl methyl sites for hydroxylation is 1. The van der Waals surface area contributed by atoms with Gasteiger partial charge in [-0.05, 0) is 12.5 Å². The van der Waals surface area contributed by atoms with Gasteiger partial charge in [-0.25, -0.2) is 0 Å². The summed E-state index contributed by atoms with van der Waals surface area (Å²) in [5.41, 5.74) is 1.56. The Labute approximate surface area is 132 Å². The van der Waals surface area contributed by atoms with E-state index in [4.69, 9.17) is 16.7 Å². The van der Waals surface area contributed by atoms with Crippen LogP contribution in [0.3, 0.4) is 0 Å². The molecule has 1 heterocycles. The third kappa shape index (κ3) is 3.46. The number of carboxylic acid groups (broad SMARTS) is 1. The molecule has 0 fully saturated rings. The van der Waals surface area contributed by atoms with E-state index in [0.717, 1.165) is 5.56 Å². The highest BCUT2D eigenvalue weighted by molar-refractivity contribution is 6.34. The van der Waals surface area contributed by atoms with Gasteiger partial charge in [-0.1, -0.05) is 41.9 Å². The molecule has 0 aliphatic heterocycles. The maximum Gasteiger partial charge on any atom is 0.323 e. The minimum Gasteiger partial charge on any atom is -0.480 e. The average molecular weight is 322 g/mol. The molecule has 0 bridgehead atoms. The van der Waals surface area contributed by atoms with Gasteiger partial charge in [0.2, 0.25) is 0 Å². The van der Waals surface area contributed by atoms with Gasteiger partial charge in [0.05, 0.1) is 10.7 Å². The van der Waals surface area contributed by atoms with Crippen LogP contribution in [0.25, 0.3) is 0 Å². The molecule has 6 nitrogen and oxygen atoms in total. The van der Waals surface area contributed by atoms with E-state index < -0.39 is 18.4 Å². The Hall–Kier alpha value is -2.34. The van der Waals surface area contributed by atoms with Crippen LogP contribution in [0.5, 0.6) is 0 Å². The van der Waals surface area contributed by atoms with E-state index in [1.165, 1.54) is 9.58 Å². The number of aromatic nitrogens is 2. The van der Waals surface area contributed by atoms with Crippen LogP contribution in [0.1, 0.15) is 21.7 Å². The number of halogens is 1. The molecule has 0 aliphatic rings. The zero-order valence-corrected chi connectivity index (χ0v) is 13.0. The Morgan fingerprint density at radius 1 is 1.32 bits per heavy atom. The Bertz CT molecular complexity index is 698. The van der Waals surface area contributed by atoms with Crippen molar-refractivity contribution in [1.82, 2.24) is 14.7 Å². The third-order valence-corrected chi connectivity index (χ3v) is 3.75. The van der Waals surface area contributed by atoms with E-state index in [9.17, 15) is 9.59 Å². The first-order valence-corrected chi connectivity index (χ1v) is 7.02. The molecular formula is C15H16ClN3O3. The molecule has 22 heavy (non-hydrogen) atoms. The summed E-state index contributed by atoms with van der Waals surface area (Å²) in [6.45, 7) is 1.50. The number of nitrogens with zero attached hydrogens (tertiary/aromatic N) is 3. The van der Waals surface area contributed by atoms with Crippen LogP contribution in [0, 0.1) is 6.92 Å². The quantitative estimate of drug-likeness (QED) is 0.915. The first kappa shape index (κ1) is 16.0. The summed E-state index contributed by atoms with van der Waals surface area (Å²) in [6, 6.07) is 9.17. The molecule has 1 aromatic carbocycles. The number of hydrogen-bond acceptors (Lipinski definition) is 3. The van der Waals surface area contributed by atoms with Gasteiger partial charge in [-0.15, -0.1) is 0 Å². The summed E-state index contributed by atoms with van der Waals surface area (Å²) in [6.07, 6.45) is 0. The molecule has 0 saturated carbocycles. The number of aliphatic carboxylic acids is 1.